The summed E-state index contributed by atoms with van der Waals surface area (Å²) in [6, 6.07) is 8.18. The molecule has 2 aromatic heterocycles. The fourth-order valence-corrected chi connectivity index (χ4v) is 2.92. The van der Waals surface area contributed by atoms with Crippen LogP contribution >= 0.6 is 12.4 Å². The first-order valence-electron chi connectivity index (χ1n) is 7.80. The maximum atomic E-state index is 6.37. The highest BCUT2D eigenvalue weighted by atomic mass is 35.5. The highest BCUT2D eigenvalue weighted by Crippen LogP contribution is 2.36. The molecule has 1 aromatic carbocycles. The molecule has 0 amide bonds. The summed E-state index contributed by atoms with van der Waals surface area (Å²) in [5, 5.41) is 1.12. The van der Waals surface area contributed by atoms with E-state index >= 15 is 0 Å². The van der Waals surface area contributed by atoms with Crippen LogP contribution in [0.15, 0.2) is 30.5 Å². The zero-order valence-electron chi connectivity index (χ0n) is 13.2. The van der Waals surface area contributed by atoms with Crippen molar-refractivity contribution in [3.05, 3.63) is 36.3 Å². The molecular formula is C17H21ClN4O. The van der Waals surface area contributed by atoms with Gasteiger partial charge in [-0.3, -0.25) is 4.98 Å². The fourth-order valence-electron chi connectivity index (χ4n) is 2.92. The number of ether oxygens (including phenoxy) is 1. The van der Waals surface area contributed by atoms with Crippen molar-refractivity contribution in [2.75, 3.05) is 6.61 Å². The topological polar surface area (TPSA) is 66.0 Å². The minimum atomic E-state index is -0.0844. The second-order valence-corrected chi connectivity index (χ2v) is 6.12. The van der Waals surface area contributed by atoms with E-state index in [1.165, 1.54) is 0 Å². The zero-order chi connectivity index (χ0) is 15.2. The summed E-state index contributed by atoms with van der Waals surface area (Å²) in [5.74, 6) is 0.937. The summed E-state index contributed by atoms with van der Waals surface area (Å²) in [4.78, 5) is 9.24. The molecule has 0 radical (unpaired) electrons. The molecule has 122 valence electrons. The van der Waals surface area contributed by atoms with Crippen molar-refractivity contribution in [1.82, 2.24) is 14.5 Å². The van der Waals surface area contributed by atoms with Crippen LogP contribution in [-0.2, 0) is 17.9 Å². The normalized spacial score (nSPS) is 15.7. The van der Waals surface area contributed by atoms with Gasteiger partial charge < -0.3 is 15.0 Å². The van der Waals surface area contributed by atoms with Gasteiger partial charge in [0.25, 0.3) is 0 Å². The van der Waals surface area contributed by atoms with E-state index in [1.54, 1.807) is 0 Å². The number of nitrogens with two attached hydrogens (primary N) is 1. The summed E-state index contributed by atoms with van der Waals surface area (Å²) in [6.07, 6.45) is 3.99. The van der Waals surface area contributed by atoms with Crippen LogP contribution < -0.4 is 5.73 Å². The maximum absolute atomic E-state index is 6.37. The highest BCUT2D eigenvalue weighted by molar-refractivity contribution is 6.02. The number of rotatable bonds is 5. The lowest BCUT2D eigenvalue weighted by molar-refractivity contribution is 0.125. The van der Waals surface area contributed by atoms with Gasteiger partial charge in [0.15, 0.2) is 0 Å². The van der Waals surface area contributed by atoms with Gasteiger partial charge in [-0.15, -0.1) is 12.4 Å². The molecule has 0 spiro atoms. The first-order valence-corrected chi connectivity index (χ1v) is 7.80. The number of para-hydroxylation sites is 1. The number of aromatic nitrogens is 3. The van der Waals surface area contributed by atoms with Crippen molar-refractivity contribution in [3.63, 3.8) is 0 Å². The van der Waals surface area contributed by atoms with Crippen molar-refractivity contribution < 1.29 is 4.74 Å². The second kappa shape index (κ2) is 6.07. The van der Waals surface area contributed by atoms with Crippen LogP contribution in [0.3, 0.4) is 0 Å². The smallest absolute Gasteiger partial charge is 0.136 e. The van der Waals surface area contributed by atoms with Crippen LogP contribution in [0.1, 0.15) is 25.6 Å². The van der Waals surface area contributed by atoms with Gasteiger partial charge in [-0.1, -0.05) is 18.2 Å². The first kappa shape index (κ1) is 16.2. The molecule has 1 aliphatic rings. The molecule has 5 nitrogen and oxygen atoms in total. The van der Waals surface area contributed by atoms with Crippen LogP contribution in [0.5, 0.6) is 0 Å². The molecule has 1 saturated carbocycles. The Labute approximate surface area is 141 Å². The average Bonchev–Trinajstić information content (AvgIpc) is 3.16. The van der Waals surface area contributed by atoms with Gasteiger partial charge in [0.05, 0.1) is 17.2 Å². The van der Waals surface area contributed by atoms with Crippen LogP contribution in [0.25, 0.3) is 21.9 Å². The minimum Gasteiger partial charge on any atom is -0.374 e. The lowest BCUT2D eigenvalue weighted by Gasteiger charge is -2.14. The van der Waals surface area contributed by atoms with Gasteiger partial charge in [0.2, 0.25) is 0 Å². The summed E-state index contributed by atoms with van der Waals surface area (Å²) in [7, 11) is 0. The van der Waals surface area contributed by atoms with E-state index in [0.717, 1.165) is 47.1 Å². The minimum absolute atomic E-state index is 0. The third-order valence-corrected chi connectivity index (χ3v) is 4.36. The Morgan fingerprint density at radius 2 is 2.04 bits per heavy atom. The van der Waals surface area contributed by atoms with E-state index in [0.29, 0.717) is 13.2 Å². The fraction of sp³-hybridized carbons (Fsp3) is 0.412. The molecule has 2 heterocycles. The summed E-state index contributed by atoms with van der Waals surface area (Å²) >= 11 is 0. The molecule has 6 heteroatoms. The lowest BCUT2D eigenvalue weighted by Crippen LogP contribution is -2.29. The Balaban J connectivity index is 0.00000156. The van der Waals surface area contributed by atoms with E-state index in [1.807, 2.05) is 31.3 Å². The monoisotopic (exact) mass is 332 g/mol. The van der Waals surface area contributed by atoms with Crippen molar-refractivity contribution in [2.45, 2.75) is 38.5 Å². The van der Waals surface area contributed by atoms with E-state index in [4.69, 9.17) is 15.5 Å². The Hall–Kier alpha value is -1.69. The third kappa shape index (κ3) is 2.92. The van der Waals surface area contributed by atoms with Crippen LogP contribution in [0, 0.1) is 0 Å². The van der Waals surface area contributed by atoms with Crippen LogP contribution in [0.2, 0.25) is 0 Å². The molecule has 1 fully saturated rings. The van der Waals surface area contributed by atoms with Gasteiger partial charge in [-0.25, -0.2) is 4.98 Å². The molecule has 2 N–H and O–H groups in total. The summed E-state index contributed by atoms with van der Waals surface area (Å²) in [5.41, 5.74) is 9.30. The van der Waals surface area contributed by atoms with Crippen LogP contribution in [-0.4, -0.2) is 26.7 Å². The predicted octanol–water partition coefficient (Wildman–Crippen LogP) is 3.03. The van der Waals surface area contributed by atoms with Crippen molar-refractivity contribution in [3.8, 4) is 0 Å². The number of hydrogen-bond donors (Lipinski definition) is 1. The number of pyridine rings is 1. The Morgan fingerprint density at radius 1 is 1.26 bits per heavy atom. The van der Waals surface area contributed by atoms with Gasteiger partial charge in [0, 0.05) is 24.1 Å². The molecular weight excluding hydrogens is 312 g/mol. The third-order valence-electron chi connectivity index (χ3n) is 4.36. The number of imidazole rings is 1. The average molecular weight is 333 g/mol. The largest absolute Gasteiger partial charge is 0.374 e. The van der Waals surface area contributed by atoms with Crippen molar-refractivity contribution in [2.24, 2.45) is 5.73 Å². The number of nitrogens with zero attached hydrogens (tertiary/aromatic N) is 3. The molecule has 0 unspecified atom stereocenters. The van der Waals surface area contributed by atoms with Crippen LogP contribution in [0.4, 0.5) is 0 Å². The molecule has 1 aliphatic carbocycles. The number of hydrogen-bond acceptors (Lipinski definition) is 4. The van der Waals surface area contributed by atoms with Gasteiger partial charge in [-0.2, -0.15) is 0 Å². The van der Waals surface area contributed by atoms with Crippen molar-refractivity contribution in [1.29, 1.82) is 0 Å². The number of benzene rings is 1. The molecule has 23 heavy (non-hydrogen) atoms. The molecule has 3 aromatic rings. The number of halogens is 1. The number of fused-ring (bicyclic) bond motifs is 3. The maximum Gasteiger partial charge on any atom is 0.136 e. The first-order chi connectivity index (χ1) is 10.7. The Morgan fingerprint density at radius 3 is 2.78 bits per heavy atom. The Bertz CT molecular complexity index is 841. The second-order valence-electron chi connectivity index (χ2n) is 6.12. The van der Waals surface area contributed by atoms with E-state index in [9.17, 15) is 0 Å². The standard InChI is InChI=1S/C17H20N4O.ClH/c1-2-22-10-15-20-14-9-19-13-6-4-3-5-12(13)16(14)21(15)11-17(18)7-8-17;/h3-6,9H,2,7-8,10-11,18H2,1H3;1H. The van der Waals surface area contributed by atoms with E-state index < -0.39 is 0 Å². The predicted molar refractivity (Wildman–Crippen MR) is 93.8 cm³/mol. The van der Waals surface area contributed by atoms with Gasteiger partial charge in [-0.05, 0) is 25.8 Å². The highest BCUT2D eigenvalue weighted by Gasteiger charge is 2.39. The molecule has 0 bridgehead atoms. The van der Waals surface area contributed by atoms with Gasteiger partial charge >= 0.3 is 0 Å². The Kier molecular flexibility index (Phi) is 4.27. The summed E-state index contributed by atoms with van der Waals surface area (Å²) in [6.45, 7) is 3.97. The summed E-state index contributed by atoms with van der Waals surface area (Å²) < 4.78 is 7.83. The van der Waals surface area contributed by atoms with E-state index in [-0.39, 0.29) is 17.9 Å². The molecule has 4 rings (SSSR count). The van der Waals surface area contributed by atoms with Gasteiger partial charge in [0.1, 0.15) is 17.9 Å². The molecule has 0 aliphatic heterocycles. The van der Waals surface area contributed by atoms with E-state index in [2.05, 4.69) is 15.6 Å². The molecule has 0 saturated heterocycles. The molecule has 0 atom stereocenters. The quantitative estimate of drug-likeness (QED) is 0.780. The lowest BCUT2D eigenvalue weighted by atomic mass is 10.2. The SMILES string of the molecule is CCOCc1nc2cnc3ccccc3c2n1CC1(N)CC1.Cl. The zero-order valence-corrected chi connectivity index (χ0v) is 14.0. The van der Waals surface area contributed by atoms with Crippen molar-refractivity contribution >= 4 is 34.3 Å².